The monoisotopic (exact) mass is 430 g/mol. The number of carbonyl (C=O) groups excluding carboxylic acids is 1. The molecule has 2 fully saturated rings. The van der Waals surface area contributed by atoms with Crippen molar-refractivity contribution in [1.82, 2.24) is 20.0 Å². The van der Waals surface area contributed by atoms with Gasteiger partial charge in [-0.3, -0.25) is 4.79 Å². The zero-order valence-corrected chi connectivity index (χ0v) is 17.4. The second-order valence-corrected chi connectivity index (χ2v) is 8.66. The number of nitrogens with one attached hydrogen (secondary N) is 1. The van der Waals surface area contributed by atoms with Crippen LogP contribution in [-0.2, 0) is 0 Å². The highest BCUT2D eigenvalue weighted by Gasteiger charge is 2.33. The van der Waals surface area contributed by atoms with Crippen molar-refractivity contribution in [3.63, 3.8) is 0 Å². The topological polar surface area (TPSA) is 50.2 Å². The standard InChI is InChI=1S/C21H27BrN4O/c1-15-19(14-24-26(15)18-9-7-17(22)8-10-18)21(27)23-13-16-5-4-12-25-11-3-2-6-20(16)25/h7-10,14,16,20H,2-6,11-13H2,1H3,(H,23,27)/t16-,20+/m1/s1. The third-order valence-electron chi connectivity index (χ3n) is 6.08. The van der Waals surface area contributed by atoms with Gasteiger partial charge in [0, 0.05) is 17.1 Å². The van der Waals surface area contributed by atoms with E-state index < -0.39 is 0 Å². The first-order valence-electron chi connectivity index (χ1n) is 9.96. The van der Waals surface area contributed by atoms with Gasteiger partial charge in [-0.05, 0) is 75.9 Å². The molecule has 0 radical (unpaired) electrons. The lowest BCUT2D eigenvalue weighted by atomic mass is 9.83. The Balaban J connectivity index is 1.42. The summed E-state index contributed by atoms with van der Waals surface area (Å²) in [6.45, 7) is 5.18. The lowest BCUT2D eigenvalue weighted by molar-refractivity contribution is 0.0575. The zero-order chi connectivity index (χ0) is 18.8. The average molecular weight is 431 g/mol. The third-order valence-corrected chi connectivity index (χ3v) is 6.61. The molecule has 2 saturated heterocycles. The van der Waals surface area contributed by atoms with Crippen LogP contribution in [-0.4, -0.2) is 46.3 Å². The Labute approximate surface area is 169 Å². The number of aromatic nitrogens is 2. The molecule has 3 heterocycles. The summed E-state index contributed by atoms with van der Waals surface area (Å²) in [6.07, 6.45) is 8.08. The number of halogens is 1. The number of piperidine rings is 2. The smallest absolute Gasteiger partial charge is 0.254 e. The van der Waals surface area contributed by atoms with Crippen LogP contribution >= 0.6 is 15.9 Å². The van der Waals surface area contributed by atoms with Crippen LogP contribution in [0.15, 0.2) is 34.9 Å². The Morgan fingerprint density at radius 2 is 1.96 bits per heavy atom. The van der Waals surface area contributed by atoms with Gasteiger partial charge in [0.25, 0.3) is 5.91 Å². The van der Waals surface area contributed by atoms with E-state index in [4.69, 9.17) is 0 Å². The van der Waals surface area contributed by atoms with E-state index in [1.54, 1.807) is 6.20 Å². The van der Waals surface area contributed by atoms with E-state index >= 15 is 0 Å². The Morgan fingerprint density at radius 3 is 2.78 bits per heavy atom. The van der Waals surface area contributed by atoms with E-state index in [0.29, 0.717) is 17.5 Å². The number of hydrogen-bond donors (Lipinski definition) is 1. The first-order valence-corrected chi connectivity index (χ1v) is 10.8. The van der Waals surface area contributed by atoms with Gasteiger partial charge in [-0.25, -0.2) is 4.68 Å². The molecule has 0 bridgehead atoms. The molecule has 1 N–H and O–H groups in total. The molecular weight excluding hydrogens is 404 g/mol. The van der Waals surface area contributed by atoms with Gasteiger partial charge in [-0.15, -0.1) is 0 Å². The zero-order valence-electron chi connectivity index (χ0n) is 15.8. The highest BCUT2D eigenvalue weighted by molar-refractivity contribution is 9.10. The largest absolute Gasteiger partial charge is 0.352 e. The minimum atomic E-state index is -0.0104. The summed E-state index contributed by atoms with van der Waals surface area (Å²) in [5.74, 6) is 0.564. The fourth-order valence-electron chi connectivity index (χ4n) is 4.61. The molecule has 2 atom stereocenters. The van der Waals surface area contributed by atoms with Crippen LogP contribution in [0.2, 0.25) is 0 Å². The van der Waals surface area contributed by atoms with E-state index in [-0.39, 0.29) is 5.91 Å². The van der Waals surface area contributed by atoms with Gasteiger partial charge in [0.05, 0.1) is 23.1 Å². The molecular formula is C21H27BrN4O. The second-order valence-electron chi connectivity index (χ2n) is 7.74. The summed E-state index contributed by atoms with van der Waals surface area (Å²) >= 11 is 3.45. The molecule has 1 amide bonds. The van der Waals surface area contributed by atoms with Crippen LogP contribution in [0.1, 0.15) is 48.2 Å². The van der Waals surface area contributed by atoms with E-state index in [0.717, 1.165) is 22.4 Å². The van der Waals surface area contributed by atoms with E-state index in [1.165, 1.54) is 45.2 Å². The molecule has 27 heavy (non-hydrogen) atoms. The average Bonchev–Trinajstić information content (AvgIpc) is 3.08. The van der Waals surface area contributed by atoms with Crippen molar-refractivity contribution in [2.75, 3.05) is 19.6 Å². The quantitative estimate of drug-likeness (QED) is 0.798. The highest BCUT2D eigenvalue weighted by Crippen LogP contribution is 2.30. The molecule has 0 spiro atoms. The van der Waals surface area contributed by atoms with Crippen LogP contribution in [0, 0.1) is 12.8 Å². The number of amides is 1. The lowest BCUT2D eigenvalue weighted by Gasteiger charge is -2.44. The Kier molecular flexibility index (Phi) is 5.64. The molecule has 2 aliphatic rings. The van der Waals surface area contributed by atoms with Crippen molar-refractivity contribution >= 4 is 21.8 Å². The predicted octanol–water partition coefficient (Wildman–Crippen LogP) is 3.94. The van der Waals surface area contributed by atoms with Gasteiger partial charge in [0.1, 0.15) is 0 Å². The Morgan fingerprint density at radius 1 is 1.19 bits per heavy atom. The molecule has 2 aliphatic heterocycles. The molecule has 1 aromatic heterocycles. The summed E-state index contributed by atoms with van der Waals surface area (Å²) in [6, 6.07) is 8.60. The van der Waals surface area contributed by atoms with Crippen molar-refractivity contribution in [3.8, 4) is 5.69 Å². The normalized spacial score (nSPS) is 23.0. The van der Waals surface area contributed by atoms with Crippen LogP contribution in [0.3, 0.4) is 0 Å². The molecule has 0 saturated carbocycles. The second kappa shape index (κ2) is 8.15. The van der Waals surface area contributed by atoms with Gasteiger partial charge in [-0.2, -0.15) is 5.10 Å². The fourth-order valence-corrected chi connectivity index (χ4v) is 4.87. The number of fused-ring (bicyclic) bond motifs is 1. The van der Waals surface area contributed by atoms with Crippen molar-refractivity contribution in [2.45, 2.75) is 45.1 Å². The SMILES string of the molecule is Cc1c(C(=O)NC[C@H]2CCCN3CCCC[C@@H]23)cnn1-c1ccc(Br)cc1. The van der Waals surface area contributed by atoms with Gasteiger partial charge in [-0.1, -0.05) is 22.4 Å². The first kappa shape index (κ1) is 18.7. The van der Waals surface area contributed by atoms with Crippen LogP contribution in [0.5, 0.6) is 0 Å². The lowest BCUT2D eigenvalue weighted by Crippen LogP contribution is -2.51. The fraction of sp³-hybridized carbons (Fsp3) is 0.524. The molecule has 1 aromatic carbocycles. The van der Waals surface area contributed by atoms with Crippen LogP contribution in [0.4, 0.5) is 0 Å². The van der Waals surface area contributed by atoms with Crippen molar-refractivity contribution in [1.29, 1.82) is 0 Å². The summed E-state index contributed by atoms with van der Waals surface area (Å²) in [4.78, 5) is 15.4. The van der Waals surface area contributed by atoms with Gasteiger partial charge < -0.3 is 10.2 Å². The van der Waals surface area contributed by atoms with E-state index in [2.05, 4.69) is 31.2 Å². The van der Waals surface area contributed by atoms with Gasteiger partial charge >= 0.3 is 0 Å². The van der Waals surface area contributed by atoms with Gasteiger partial charge in [0.15, 0.2) is 0 Å². The Hall–Kier alpha value is -1.66. The molecule has 4 rings (SSSR count). The highest BCUT2D eigenvalue weighted by atomic mass is 79.9. The van der Waals surface area contributed by atoms with Crippen LogP contribution in [0.25, 0.3) is 5.69 Å². The maximum absolute atomic E-state index is 12.8. The Bertz CT molecular complexity index is 799. The minimum Gasteiger partial charge on any atom is -0.352 e. The molecule has 6 heteroatoms. The maximum atomic E-state index is 12.8. The molecule has 0 unspecified atom stereocenters. The summed E-state index contributed by atoms with van der Waals surface area (Å²) in [5, 5.41) is 7.62. The molecule has 5 nitrogen and oxygen atoms in total. The number of hydrogen-bond acceptors (Lipinski definition) is 3. The predicted molar refractivity (Wildman–Crippen MR) is 110 cm³/mol. The van der Waals surface area contributed by atoms with Crippen molar-refractivity contribution < 1.29 is 4.79 Å². The molecule has 144 valence electrons. The summed E-state index contributed by atoms with van der Waals surface area (Å²) in [5.41, 5.74) is 2.49. The molecule has 2 aromatic rings. The van der Waals surface area contributed by atoms with E-state index in [9.17, 15) is 4.79 Å². The van der Waals surface area contributed by atoms with Gasteiger partial charge in [0.2, 0.25) is 0 Å². The summed E-state index contributed by atoms with van der Waals surface area (Å²) < 4.78 is 2.85. The van der Waals surface area contributed by atoms with Crippen molar-refractivity contribution in [3.05, 3.63) is 46.2 Å². The molecule has 0 aliphatic carbocycles. The number of nitrogens with zero attached hydrogens (tertiary/aromatic N) is 3. The van der Waals surface area contributed by atoms with Crippen LogP contribution < -0.4 is 5.32 Å². The summed E-state index contributed by atoms with van der Waals surface area (Å²) in [7, 11) is 0. The van der Waals surface area contributed by atoms with E-state index in [1.807, 2.05) is 35.9 Å². The van der Waals surface area contributed by atoms with Crippen molar-refractivity contribution in [2.24, 2.45) is 5.92 Å². The number of carbonyl (C=O) groups is 1. The maximum Gasteiger partial charge on any atom is 0.254 e. The third kappa shape index (κ3) is 3.97. The number of rotatable bonds is 4. The number of benzene rings is 1. The first-order chi connectivity index (χ1) is 13.1. The minimum absolute atomic E-state index is 0.0104.